The number of rotatable bonds is 1. The number of ether oxygens (including phenoxy) is 1. The summed E-state index contributed by atoms with van der Waals surface area (Å²) < 4.78 is 5.13. The maximum atomic E-state index is 12.3. The zero-order chi connectivity index (χ0) is 17.0. The van der Waals surface area contributed by atoms with Crippen molar-refractivity contribution in [3.63, 3.8) is 0 Å². The summed E-state index contributed by atoms with van der Waals surface area (Å²) in [5, 5.41) is 1.38. The number of hydrogen-bond acceptors (Lipinski definition) is 3. The van der Waals surface area contributed by atoms with Gasteiger partial charge in [-0.2, -0.15) is 0 Å². The molecule has 132 valence electrons. The Morgan fingerprint density at radius 2 is 2.16 bits per heavy atom. The van der Waals surface area contributed by atoms with Gasteiger partial charge in [0, 0.05) is 29.7 Å². The van der Waals surface area contributed by atoms with Gasteiger partial charge in [-0.05, 0) is 49.1 Å². The number of fused-ring (bicyclic) bond motifs is 6. The Balaban J connectivity index is 1.51. The van der Waals surface area contributed by atoms with Gasteiger partial charge >= 0.3 is 5.97 Å². The van der Waals surface area contributed by atoms with Gasteiger partial charge in [-0.1, -0.05) is 24.6 Å². The van der Waals surface area contributed by atoms with Gasteiger partial charge in [-0.15, -0.1) is 0 Å². The standard InChI is InChI=1S/C21H26N2O2/c1-25-21(24)16-7-4-5-13-12-23-10-9-15-14-6-2-3-8-18(14)22-20(15)19(23)11-17(13)16/h2-3,6,8,13,16-17,19,22H,4-5,7,9-12H2,1H3/t13-,16+,17-,19-/m0/s1. The van der Waals surface area contributed by atoms with E-state index in [0.717, 1.165) is 38.8 Å². The molecule has 5 rings (SSSR count). The van der Waals surface area contributed by atoms with Crippen LogP contribution in [0.5, 0.6) is 0 Å². The number of esters is 1. The fourth-order valence-electron chi connectivity index (χ4n) is 5.80. The van der Waals surface area contributed by atoms with Gasteiger partial charge in [0.25, 0.3) is 0 Å². The molecule has 1 aromatic carbocycles. The van der Waals surface area contributed by atoms with Gasteiger partial charge < -0.3 is 9.72 Å². The van der Waals surface area contributed by atoms with Gasteiger partial charge in [0.15, 0.2) is 0 Å². The monoisotopic (exact) mass is 338 g/mol. The highest BCUT2D eigenvalue weighted by atomic mass is 16.5. The lowest BCUT2D eigenvalue weighted by atomic mass is 9.66. The highest BCUT2D eigenvalue weighted by Crippen LogP contribution is 2.49. The molecule has 1 N–H and O–H groups in total. The number of carbonyl (C=O) groups is 1. The van der Waals surface area contributed by atoms with E-state index < -0.39 is 0 Å². The van der Waals surface area contributed by atoms with Crippen molar-refractivity contribution in [2.45, 2.75) is 38.1 Å². The molecule has 4 atom stereocenters. The van der Waals surface area contributed by atoms with Crippen LogP contribution < -0.4 is 0 Å². The SMILES string of the molecule is COC(=O)[C@@H]1CCC[C@H]2CN3CCc4c([nH]c5ccccc45)[C@@H]3C[C@@H]21. The van der Waals surface area contributed by atoms with Crippen molar-refractivity contribution < 1.29 is 9.53 Å². The summed E-state index contributed by atoms with van der Waals surface area (Å²) in [7, 11) is 1.54. The second-order valence-corrected chi connectivity index (χ2v) is 8.04. The number of benzene rings is 1. The summed E-state index contributed by atoms with van der Waals surface area (Å²) in [6.07, 6.45) is 5.65. The average molecular weight is 338 g/mol. The van der Waals surface area contributed by atoms with Crippen LogP contribution in [0.4, 0.5) is 0 Å². The molecule has 2 aliphatic heterocycles. The summed E-state index contributed by atoms with van der Waals surface area (Å²) in [6, 6.07) is 9.09. The largest absolute Gasteiger partial charge is 0.469 e. The van der Waals surface area contributed by atoms with Gasteiger partial charge in [0.1, 0.15) is 0 Å². The van der Waals surface area contributed by atoms with Crippen molar-refractivity contribution in [2.24, 2.45) is 17.8 Å². The Bertz CT molecular complexity index is 811. The van der Waals surface area contributed by atoms with Crippen molar-refractivity contribution in [2.75, 3.05) is 20.2 Å². The van der Waals surface area contributed by atoms with Crippen LogP contribution in [-0.4, -0.2) is 36.1 Å². The highest BCUT2D eigenvalue weighted by molar-refractivity contribution is 5.85. The lowest BCUT2D eigenvalue weighted by Crippen LogP contribution is -2.50. The molecular formula is C21H26N2O2. The van der Waals surface area contributed by atoms with E-state index in [2.05, 4.69) is 34.1 Å². The third-order valence-electron chi connectivity index (χ3n) is 6.95. The van der Waals surface area contributed by atoms with Gasteiger partial charge in [-0.25, -0.2) is 0 Å². The van der Waals surface area contributed by atoms with E-state index >= 15 is 0 Å². The zero-order valence-electron chi connectivity index (χ0n) is 14.8. The minimum Gasteiger partial charge on any atom is -0.469 e. The summed E-state index contributed by atoms with van der Waals surface area (Å²) >= 11 is 0. The summed E-state index contributed by atoms with van der Waals surface area (Å²) in [5.41, 5.74) is 4.16. The molecular weight excluding hydrogens is 312 g/mol. The van der Waals surface area contributed by atoms with Crippen molar-refractivity contribution in [1.29, 1.82) is 0 Å². The van der Waals surface area contributed by atoms with E-state index in [1.165, 1.54) is 35.7 Å². The molecule has 4 heteroatoms. The Morgan fingerprint density at radius 1 is 1.28 bits per heavy atom. The number of para-hydroxylation sites is 1. The number of piperidine rings is 1. The Hall–Kier alpha value is -1.81. The fraction of sp³-hybridized carbons (Fsp3) is 0.571. The summed E-state index contributed by atoms with van der Waals surface area (Å²) in [6.45, 7) is 2.28. The van der Waals surface area contributed by atoms with Gasteiger partial charge in [0.05, 0.1) is 19.1 Å². The third kappa shape index (κ3) is 2.34. The summed E-state index contributed by atoms with van der Waals surface area (Å²) in [5.74, 6) is 1.23. The van der Waals surface area contributed by atoms with Crippen LogP contribution in [0.3, 0.4) is 0 Å². The first-order valence-electron chi connectivity index (χ1n) is 9.67. The maximum absolute atomic E-state index is 12.3. The number of nitrogens with zero attached hydrogens (tertiary/aromatic N) is 1. The second-order valence-electron chi connectivity index (χ2n) is 8.04. The van der Waals surface area contributed by atoms with Crippen molar-refractivity contribution in [3.8, 4) is 0 Å². The molecule has 4 nitrogen and oxygen atoms in total. The van der Waals surface area contributed by atoms with Crippen LogP contribution >= 0.6 is 0 Å². The minimum atomic E-state index is 0.0100. The van der Waals surface area contributed by atoms with E-state index in [1.807, 2.05) is 0 Å². The highest BCUT2D eigenvalue weighted by Gasteiger charge is 2.46. The first-order valence-corrected chi connectivity index (χ1v) is 9.67. The molecule has 25 heavy (non-hydrogen) atoms. The molecule has 0 radical (unpaired) electrons. The average Bonchev–Trinajstić information content (AvgIpc) is 3.04. The van der Waals surface area contributed by atoms with Crippen LogP contribution in [0, 0.1) is 17.8 Å². The van der Waals surface area contributed by atoms with E-state index in [1.54, 1.807) is 0 Å². The maximum Gasteiger partial charge on any atom is 0.308 e. The molecule has 1 aromatic heterocycles. The normalized spacial score (nSPS) is 31.9. The van der Waals surface area contributed by atoms with E-state index in [4.69, 9.17) is 4.74 Å². The van der Waals surface area contributed by atoms with E-state index in [-0.39, 0.29) is 11.9 Å². The molecule has 2 aromatic rings. The Kier molecular flexibility index (Phi) is 3.63. The number of carbonyl (C=O) groups excluding carboxylic acids is 1. The third-order valence-corrected chi connectivity index (χ3v) is 6.95. The molecule has 0 amide bonds. The first kappa shape index (κ1) is 15.4. The molecule has 1 aliphatic carbocycles. The number of aromatic nitrogens is 1. The van der Waals surface area contributed by atoms with Crippen LogP contribution in [0.2, 0.25) is 0 Å². The number of hydrogen-bond donors (Lipinski definition) is 1. The van der Waals surface area contributed by atoms with Crippen LogP contribution in [0.15, 0.2) is 24.3 Å². The van der Waals surface area contributed by atoms with Crippen LogP contribution in [0.25, 0.3) is 10.9 Å². The molecule has 0 spiro atoms. The molecule has 3 heterocycles. The number of aromatic amines is 1. The molecule has 0 bridgehead atoms. The quantitative estimate of drug-likeness (QED) is 0.807. The first-order chi connectivity index (χ1) is 12.3. The number of nitrogens with one attached hydrogen (secondary N) is 1. The van der Waals surface area contributed by atoms with Crippen LogP contribution in [-0.2, 0) is 16.0 Å². The van der Waals surface area contributed by atoms with Gasteiger partial charge in [0.2, 0.25) is 0 Å². The van der Waals surface area contributed by atoms with Gasteiger partial charge in [-0.3, -0.25) is 9.69 Å². The van der Waals surface area contributed by atoms with Crippen molar-refractivity contribution >= 4 is 16.9 Å². The Morgan fingerprint density at radius 3 is 3.04 bits per heavy atom. The summed E-state index contributed by atoms with van der Waals surface area (Å²) in [4.78, 5) is 18.7. The van der Waals surface area contributed by atoms with Crippen molar-refractivity contribution in [1.82, 2.24) is 9.88 Å². The topological polar surface area (TPSA) is 45.3 Å². The molecule has 0 unspecified atom stereocenters. The van der Waals surface area contributed by atoms with E-state index in [0.29, 0.717) is 17.9 Å². The molecule has 1 saturated carbocycles. The Labute approximate surface area is 148 Å². The second kappa shape index (κ2) is 5.87. The van der Waals surface area contributed by atoms with Crippen molar-refractivity contribution in [3.05, 3.63) is 35.5 Å². The predicted molar refractivity (Wildman–Crippen MR) is 97.3 cm³/mol. The lowest BCUT2D eigenvalue weighted by molar-refractivity contribution is -0.152. The minimum absolute atomic E-state index is 0.0100. The molecule has 3 aliphatic rings. The number of methoxy groups -OCH3 is 1. The van der Waals surface area contributed by atoms with Crippen LogP contribution in [0.1, 0.15) is 43.0 Å². The lowest BCUT2D eigenvalue weighted by Gasteiger charge is -2.49. The zero-order valence-corrected chi connectivity index (χ0v) is 14.8. The molecule has 1 saturated heterocycles. The number of H-pyrrole nitrogens is 1. The van der Waals surface area contributed by atoms with E-state index in [9.17, 15) is 4.79 Å². The molecule has 2 fully saturated rings. The fourth-order valence-corrected chi connectivity index (χ4v) is 5.80. The predicted octanol–water partition coefficient (Wildman–Crippen LogP) is 3.68. The smallest absolute Gasteiger partial charge is 0.308 e.